The van der Waals surface area contributed by atoms with Gasteiger partial charge in [-0.25, -0.2) is 10.5 Å². The average molecular weight is 298 g/mol. The van der Waals surface area contributed by atoms with E-state index in [0.717, 1.165) is 22.3 Å². The number of benzene rings is 2. The van der Waals surface area contributed by atoms with Crippen LogP contribution < -0.4 is 11.0 Å². The number of hydrogen-bond acceptors (Lipinski definition) is 5. The van der Waals surface area contributed by atoms with E-state index < -0.39 is 5.91 Å². The number of fused-ring (bicyclic) bond motifs is 1. The van der Waals surface area contributed by atoms with Crippen molar-refractivity contribution in [1.82, 2.24) is 15.4 Å². The second-order valence-electron chi connectivity index (χ2n) is 4.64. The van der Waals surface area contributed by atoms with Crippen LogP contribution in [0.15, 0.2) is 42.5 Å². The molecular formula is C15H14N4O3. The molecule has 0 spiro atoms. The maximum atomic E-state index is 11.4. The maximum Gasteiger partial charge on any atom is 0.274 e. The molecule has 0 atom stereocenters. The van der Waals surface area contributed by atoms with Crippen LogP contribution in [0, 0.1) is 0 Å². The molecule has 0 saturated carbocycles. The largest absolute Gasteiger partial charge is 0.338 e. The molecule has 0 fully saturated rings. The molecule has 0 aliphatic rings. The van der Waals surface area contributed by atoms with Crippen LogP contribution in [-0.2, 0) is 4.84 Å². The molecule has 3 rings (SSSR count). The quantitative estimate of drug-likeness (QED) is 0.437. The van der Waals surface area contributed by atoms with Gasteiger partial charge in [0.15, 0.2) is 0 Å². The highest BCUT2D eigenvalue weighted by Gasteiger charge is 2.09. The average Bonchev–Trinajstić information content (AvgIpc) is 2.98. The van der Waals surface area contributed by atoms with E-state index in [-0.39, 0.29) is 0 Å². The first-order valence-corrected chi connectivity index (χ1v) is 6.55. The predicted molar refractivity (Wildman–Crippen MR) is 81.4 cm³/mol. The Hall–Kier alpha value is -2.90. The van der Waals surface area contributed by atoms with Crippen molar-refractivity contribution in [3.8, 4) is 11.4 Å². The minimum atomic E-state index is -0.562. The van der Waals surface area contributed by atoms with Crippen LogP contribution in [0.4, 0.5) is 5.69 Å². The zero-order valence-electron chi connectivity index (χ0n) is 11.8. The number of anilines is 1. The zero-order valence-corrected chi connectivity index (χ0v) is 11.8. The highest BCUT2D eigenvalue weighted by Crippen LogP contribution is 2.22. The molecule has 22 heavy (non-hydrogen) atoms. The van der Waals surface area contributed by atoms with Gasteiger partial charge in [-0.15, -0.1) is 0 Å². The van der Waals surface area contributed by atoms with E-state index in [1.807, 2.05) is 24.3 Å². The normalized spacial score (nSPS) is 10.6. The van der Waals surface area contributed by atoms with Crippen LogP contribution in [0.2, 0.25) is 0 Å². The lowest BCUT2D eigenvalue weighted by Crippen LogP contribution is -2.18. The van der Waals surface area contributed by atoms with Crippen molar-refractivity contribution in [3.05, 3.63) is 48.0 Å². The summed E-state index contributed by atoms with van der Waals surface area (Å²) in [6, 6.07) is 12.5. The SMILES string of the molecule is CONc1ccc(-c2nc3ccc(C(=O)NO)cc3[nH]2)cc1. The highest BCUT2D eigenvalue weighted by molar-refractivity contribution is 5.97. The van der Waals surface area contributed by atoms with Crippen molar-refractivity contribution in [2.75, 3.05) is 12.6 Å². The van der Waals surface area contributed by atoms with Crippen molar-refractivity contribution in [2.45, 2.75) is 0 Å². The number of hydroxylamine groups is 1. The number of nitrogens with zero attached hydrogens (tertiary/aromatic N) is 1. The van der Waals surface area contributed by atoms with Crippen molar-refractivity contribution in [2.24, 2.45) is 0 Å². The minimum Gasteiger partial charge on any atom is -0.338 e. The Labute approximate surface area is 125 Å². The molecule has 1 aromatic heterocycles. The number of nitrogens with one attached hydrogen (secondary N) is 3. The Bertz CT molecular complexity index is 811. The third kappa shape index (κ3) is 2.62. The van der Waals surface area contributed by atoms with Crippen LogP contribution in [0.5, 0.6) is 0 Å². The van der Waals surface area contributed by atoms with Crippen LogP contribution in [0.3, 0.4) is 0 Å². The number of aromatic nitrogens is 2. The second kappa shape index (κ2) is 5.84. The van der Waals surface area contributed by atoms with Gasteiger partial charge in [0, 0.05) is 11.1 Å². The number of H-pyrrole nitrogens is 1. The summed E-state index contributed by atoms with van der Waals surface area (Å²) < 4.78 is 0. The molecule has 4 N–H and O–H groups in total. The molecular weight excluding hydrogens is 284 g/mol. The molecule has 1 heterocycles. The highest BCUT2D eigenvalue weighted by atomic mass is 16.6. The van der Waals surface area contributed by atoms with E-state index in [2.05, 4.69) is 15.4 Å². The molecule has 1 amide bonds. The molecule has 3 aromatic rings. The second-order valence-corrected chi connectivity index (χ2v) is 4.64. The van der Waals surface area contributed by atoms with Crippen LogP contribution in [0.25, 0.3) is 22.4 Å². The molecule has 0 radical (unpaired) electrons. The third-order valence-corrected chi connectivity index (χ3v) is 3.22. The van der Waals surface area contributed by atoms with E-state index in [4.69, 9.17) is 10.0 Å². The van der Waals surface area contributed by atoms with Crippen molar-refractivity contribution < 1.29 is 14.8 Å². The summed E-state index contributed by atoms with van der Waals surface area (Å²) in [7, 11) is 1.55. The van der Waals surface area contributed by atoms with Crippen molar-refractivity contribution in [1.29, 1.82) is 0 Å². The molecule has 2 aromatic carbocycles. The Balaban J connectivity index is 1.95. The smallest absolute Gasteiger partial charge is 0.274 e. The summed E-state index contributed by atoms with van der Waals surface area (Å²) in [6.45, 7) is 0. The Morgan fingerprint density at radius 2 is 2.00 bits per heavy atom. The van der Waals surface area contributed by atoms with E-state index in [1.165, 1.54) is 0 Å². The molecule has 0 aliphatic heterocycles. The Morgan fingerprint density at radius 3 is 2.68 bits per heavy atom. The maximum absolute atomic E-state index is 11.4. The number of carbonyl (C=O) groups is 1. The van der Waals surface area contributed by atoms with Gasteiger partial charge in [0.05, 0.1) is 23.8 Å². The van der Waals surface area contributed by atoms with Gasteiger partial charge in [0.1, 0.15) is 5.82 Å². The zero-order chi connectivity index (χ0) is 15.5. The van der Waals surface area contributed by atoms with Gasteiger partial charge in [-0.3, -0.25) is 20.3 Å². The Morgan fingerprint density at radius 1 is 1.23 bits per heavy atom. The number of rotatable bonds is 4. The fraction of sp³-hybridized carbons (Fsp3) is 0.0667. The number of carbonyl (C=O) groups excluding carboxylic acids is 1. The van der Waals surface area contributed by atoms with Gasteiger partial charge in [0.25, 0.3) is 5.91 Å². The third-order valence-electron chi connectivity index (χ3n) is 3.22. The molecule has 112 valence electrons. The first kappa shape index (κ1) is 14.1. The van der Waals surface area contributed by atoms with Gasteiger partial charge in [-0.05, 0) is 42.5 Å². The number of aromatic amines is 1. The van der Waals surface area contributed by atoms with E-state index in [1.54, 1.807) is 30.8 Å². The van der Waals surface area contributed by atoms with Gasteiger partial charge in [-0.2, -0.15) is 0 Å². The first-order valence-electron chi connectivity index (χ1n) is 6.55. The molecule has 7 heteroatoms. The lowest BCUT2D eigenvalue weighted by molar-refractivity contribution is 0.0706. The number of amides is 1. The number of imidazole rings is 1. The van der Waals surface area contributed by atoms with E-state index >= 15 is 0 Å². The van der Waals surface area contributed by atoms with Gasteiger partial charge >= 0.3 is 0 Å². The van der Waals surface area contributed by atoms with Gasteiger partial charge < -0.3 is 4.98 Å². The van der Waals surface area contributed by atoms with Gasteiger partial charge in [-0.1, -0.05) is 0 Å². The lowest BCUT2D eigenvalue weighted by atomic mass is 10.2. The summed E-state index contributed by atoms with van der Waals surface area (Å²) >= 11 is 0. The van der Waals surface area contributed by atoms with Gasteiger partial charge in [0.2, 0.25) is 0 Å². The molecule has 0 aliphatic carbocycles. The summed E-state index contributed by atoms with van der Waals surface area (Å²) in [5.74, 6) is 0.133. The number of hydrogen-bond donors (Lipinski definition) is 4. The van der Waals surface area contributed by atoms with E-state index in [9.17, 15) is 4.79 Å². The van der Waals surface area contributed by atoms with Crippen molar-refractivity contribution >= 4 is 22.6 Å². The summed E-state index contributed by atoms with van der Waals surface area (Å²) in [5.41, 5.74) is 7.91. The van der Waals surface area contributed by atoms with Crippen LogP contribution in [-0.4, -0.2) is 28.2 Å². The molecule has 0 bridgehead atoms. The summed E-state index contributed by atoms with van der Waals surface area (Å²) in [4.78, 5) is 23.9. The topological polar surface area (TPSA) is 99.3 Å². The lowest BCUT2D eigenvalue weighted by Gasteiger charge is -2.03. The van der Waals surface area contributed by atoms with Crippen molar-refractivity contribution in [3.63, 3.8) is 0 Å². The standard InChI is InChI=1S/C15H14N4O3/c1-22-19-11-5-2-9(3-6-11)14-16-12-7-4-10(15(20)18-21)8-13(12)17-14/h2-8,19,21H,1H3,(H,16,17)(H,18,20). The fourth-order valence-electron chi connectivity index (χ4n) is 2.17. The monoisotopic (exact) mass is 298 g/mol. The molecule has 7 nitrogen and oxygen atoms in total. The van der Waals surface area contributed by atoms with Crippen LogP contribution >= 0.6 is 0 Å². The Kier molecular flexibility index (Phi) is 3.73. The minimum absolute atomic E-state index is 0.352. The summed E-state index contributed by atoms with van der Waals surface area (Å²) in [5, 5.41) is 8.67. The molecule has 0 saturated heterocycles. The fourth-order valence-corrected chi connectivity index (χ4v) is 2.17. The van der Waals surface area contributed by atoms with E-state index in [0.29, 0.717) is 11.4 Å². The summed E-state index contributed by atoms with van der Waals surface area (Å²) in [6.07, 6.45) is 0. The predicted octanol–water partition coefficient (Wildman–Crippen LogP) is 2.32. The first-order chi connectivity index (χ1) is 10.7. The van der Waals surface area contributed by atoms with Crippen LogP contribution in [0.1, 0.15) is 10.4 Å². The molecule has 0 unspecified atom stereocenters.